The van der Waals surface area contributed by atoms with Gasteiger partial charge in [-0.15, -0.1) is 0 Å². The Balaban J connectivity index is 1.34. The number of nitrogens with one attached hydrogen (secondary N) is 1. The van der Waals surface area contributed by atoms with Gasteiger partial charge in [0.25, 0.3) is 0 Å². The number of H-pyrrole nitrogens is 1. The molecule has 1 aliphatic rings. The Labute approximate surface area is 224 Å². The lowest BCUT2D eigenvalue weighted by molar-refractivity contribution is -0.123. The van der Waals surface area contributed by atoms with Gasteiger partial charge in [-0.1, -0.05) is 54.6 Å². The zero-order chi connectivity index (χ0) is 26.3. The van der Waals surface area contributed by atoms with E-state index in [9.17, 15) is 4.79 Å². The highest BCUT2D eigenvalue weighted by Gasteiger charge is 2.30. The predicted octanol–water partition coefficient (Wildman–Crippen LogP) is 7.13. The minimum absolute atomic E-state index is 0.0246. The molecule has 1 heterocycles. The fourth-order valence-corrected chi connectivity index (χ4v) is 4.76. The summed E-state index contributed by atoms with van der Waals surface area (Å²) in [5.74, 6) is 1.48. The highest BCUT2D eigenvalue weighted by molar-refractivity contribution is 6.01. The standard InChI is InChI=1S/C33H35N3O2/c1-36(2)31(37)12-8-3-4-9-21-38-29-18-15-26(16-19-29)33(27-17-20-30-28(22-27)23-34-35-30)32(25-13-14-25)24-10-6-5-7-11-24/h5-8,10-12,15-20,22-23,25H,3-4,9,13-14,21H2,1-2H3,(H,34,35)/b12-8+,33-32-. The van der Waals surface area contributed by atoms with Crippen molar-refractivity contribution in [3.63, 3.8) is 0 Å². The lowest BCUT2D eigenvalue weighted by Crippen LogP contribution is -2.18. The van der Waals surface area contributed by atoms with E-state index in [1.54, 1.807) is 25.1 Å². The third-order valence-electron chi connectivity index (χ3n) is 6.95. The van der Waals surface area contributed by atoms with Crippen LogP contribution in [0.1, 0.15) is 48.8 Å². The van der Waals surface area contributed by atoms with Crippen molar-refractivity contribution in [3.05, 3.63) is 108 Å². The molecule has 194 valence electrons. The average Bonchev–Trinajstić information content (AvgIpc) is 3.67. The van der Waals surface area contributed by atoms with Crippen LogP contribution < -0.4 is 4.74 Å². The minimum Gasteiger partial charge on any atom is -0.494 e. The number of hydrogen-bond acceptors (Lipinski definition) is 3. The molecule has 4 aromatic rings. The van der Waals surface area contributed by atoms with E-state index in [1.807, 2.05) is 12.3 Å². The molecule has 0 aliphatic heterocycles. The number of carbonyl (C=O) groups is 1. The van der Waals surface area contributed by atoms with Gasteiger partial charge in [0.15, 0.2) is 0 Å². The van der Waals surface area contributed by atoms with Crippen LogP contribution in [0.2, 0.25) is 0 Å². The van der Waals surface area contributed by atoms with Crippen LogP contribution in [0.4, 0.5) is 0 Å². The minimum atomic E-state index is 0.0246. The van der Waals surface area contributed by atoms with Crippen LogP contribution in [0, 0.1) is 5.92 Å². The number of amides is 1. The van der Waals surface area contributed by atoms with Crippen LogP contribution in [-0.2, 0) is 4.79 Å². The molecule has 0 bridgehead atoms. The van der Waals surface area contributed by atoms with Crippen molar-refractivity contribution in [1.29, 1.82) is 0 Å². The monoisotopic (exact) mass is 505 g/mol. The molecule has 0 atom stereocenters. The smallest absolute Gasteiger partial charge is 0.245 e. The van der Waals surface area contributed by atoms with Gasteiger partial charge < -0.3 is 9.64 Å². The highest BCUT2D eigenvalue weighted by Crippen LogP contribution is 2.47. The number of fused-ring (bicyclic) bond motifs is 1. The zero-order valence-electron chi connectivity index (χ0n) is 22.2. The van der Waals surface area contributed by atoms with Gasteiger partial charge in [-0.3, -0.25) is 9.89 Å². The van der Waals surface area contributed by atoms with E-state index in [4.69, 9.17) is 4.74 Å². The topological polar surface area (TPSA) is 58.2 Å². The molecule has 3 aromatic carbocycles. The van der Waals surface area contributed by atoms with Gasteiger partial charge >= 0.3 is 0 Å². The van der Waals surface area contributed by atoms with E-state index in [1.165, 1.54) is 40.7 Å². The van der Waals surface area contributed by atoms with Gasteiger partial charge in [-0.2, -0.15) is 5.10 Å². The van der Waals surface area contributed by atoms with Crippen molar-refractivity contribution < 1.29 is 9.53 Å². The van der Waals surface area contributed by atoms with Gasteiger partial charge in [0, 0.05) is 19.5 Å². The quantitative estimate of drug-likeness (QED) is 0.134. The Morgan fingerprint density at radius 3 is 2.47 bits per heavy atom. The Morgan fingerprint density at radius 1 is 0.974 bits per heavy atom. The summed E-state index contributed by atoms with van der Waals surface area (Å²) < 4.78 is 6.04. The molecule has 5 rings (SSSR count). The maximum absolute atomic E-state index is 11.6. The third-order valence-corrected chi connectivity index (χ3v) is 6.95. The third kappa shape index (κ3) is 6.23. The number of nitrogens with zero attached hydrogens (tertiary/aromatic N) is 2. The Kier molecular flexibility index (Phi) is 8.03. The number of aromatic nitrogens is 2. The molecule has 1 saturated carbocycles. The average molecular weight is 506 g/mol. The first-order valence-electron chi connectivity index (χ1n) is 13.4. The Bertz CT molecular complexity index is 1430. The molecule has 5 nitrogen and oxygen atoms in total. The van der Waals surface area contributed by atoms with Gasteiger partial charge in [-0.25, -0.2) is 0 Å². The lowest BCUT2D eigenvalue weighted by Gasteiger charge is -2.18. The molecular formula is C33H35N3O2. The second kappa shape index (κ2) is 12.0. The molecule has 0 saturated heterocycles. The fourth-order valence-electron chi connectivity index (χ4n) is 4.76. The maximum Gasteiger partial charge on any atom is 0.245 e. The number of rotatable bonds is 11. The van der Waals surface area contributed by atoms with Crippen molar-refractivity contribution in [2.75, 3.05) is 20.7 Å². The van der Waals surface area contributed by atoms with Crippen LogP contribution >= 0.6 is 0 Å². The first kappa shape index (κ1) is 25.5. The predicted molar refractivity (Wildman–Crippen MR) is 155 cm³/mol. The van der Waals surface area contributed by atoms with Crippen LogP contribution in [0.3, 0.4) is 0 Å². The number of unbranched alkanes of at least 4 members (excludes halogenated alkanes) is 2. The van der Waals surface area contributed by atoms with Crippen LogP contribution in [0.25, 0.3) is 22.0 Å². The van der Waals surface area contributed by atoms with Gasteiger partial charge in [0.05, 0.1) is 18.3 Å². The van der Waals surface area contributed by atoms with Crippen LogP contribution in [0.5, 0.6) is 5.75 Å². The number of likely N-dealkylation sites (N-methyl/N-ethyl adjacent to an activating group) is 1. The maximum atomic E-state index is 11.6. The summed E-state index contributed by atoms with van der Waals surface area (Å²) in [5, 5.41) is 8.41. The van der Waals surface area contributed by atoms with E-state index in [2.05, 4.69) is 83.0 Å². The molecule has 1 N–H and O–H groups in total. The van der Waals surface area contributed by atoms with E-state index < -0.39 is 0 Å². The molecule has 1 fully saturated rings. The summed E-state index contributed by atoms with van der Waals surface area (Å²) >= 11 is 0. The van der Waals surface area contributed by atoms with E-state index >= 15 is 0 Å². The molecular weight excluding hydrogens is 470 g/mol. The number of hydrogen-bond donors (Lipinski definition) is 1. The molecule has 0 radical (unpaired) electrons. The van der Waals surface area contributed by atoms with Gasteiger partial charge in [-0.05, 0) is 96.2 Å². The lowest BCUT2D eigenvalue weighted by atomic mass is 9.86. The number of allylic oxidation sites excluding steroid dienone is 2. The number of carbonyl (C=O) groups excluding carboxylic acids is 1. The van der Waals surface area contributed by atoms with Crippen molar-refractivity contribution in [2.24, 2.45) is 5.92 Å². The second-order valence-electron chi connectivity index (χ2n) is 10.1. The Morgan fingerprint density at radius 2 is 1.74 bits per heavy atom. The van der Waals surface area contributed by atoms with Crippen molar-refractivity contribution >= 4 is 28.0 Å². The normalized spacial score (nSPS) is 14.1. The SMILES string of the molecule is CN(C)C(=O)/C=C/CCCCOc1ccc(/C(=C(\c2ccccc2)C2CC2)c2ccc3[nH]ncc3c2)cc1. The van der Waals surface area contributed by atoms with E-state index in [0.717, 1.165) is 35.9 Å². The summed E-state index contributed by atoms with van der Waals surface area (Å²) in [6, 6.07) is 25.9. The highest BCUT2D eigenvalue weighted by atomic mass is 16.5. The fraction of sp³-hybridized carbons (Fsp3) is 0.273. The summed E-state index contributed by atoms with van der Waals surface area (Å²) in [7, 11) is 3.52. The number of aromatic amines is 1. The van der Waals surface area contributed by atoms with Crippen molar-refractivity contribution in [2.45, 2.75) is 32.1 Å². The van der Waals surface area contributed by atoms with E-state index in [-0.39, 0.29) is 5.91 Å². The molecule has 1 amide bonds. The zero-order valence-corrected chi connectivity index (χ0v) is 22.2. The summed E-state index contributed by atoms with van der Waals surface area (Å²) in [5.41, 5.74) is 7.44. The summed E-state index contributed by atoms with van der Waals surface area (Å²) in [6.45, 7) is 0.659. The van der Waals surface area contributed by atoms with E-state index in [0.29, 0.717) is 12.5 Å². The van der Waals surface area contributed by atoms with Crippen LogP contribution in [-0.4, -0.2) is 41.7 Å². The molecule has 0 unspecified atom stereocenters. The first-order valence-corrected chi connectivity index (χ1v) is 13.4. The van der Waals surface area contributed by atoms with Gasteiger partial charge in [0.2, 0.25) is 5.91 Å². The Hall–Kier alpha value is -4.12. The summed E-state index contributed by atoms with van der Waals surface area (Å²) in [6.07, 6.45) is 10.7. The first-order chi connectivity index (χ1) is 18.6. The molecule has 0 spiro atoms. The summed E-state index contributed by atoms with van der Waals surface area (Å²) in [4.78, 5) is 13.2. The largest absolute Gasteiger partial charge is 0.494 e. The second-order valence-corrected chi connectivity index (χ2v) is 10.1. The van der Waals surface area contributed by atoms with Gasteiger partial charge in [0.1, 0.15) is 5.75 Å². The molecule has 1 aromatic heterocycles. The van der Waals surface area contributed by atoms with Crippen LogP contribution in [0.15, 0.2) is 91.1 Å². The molecule has 5 heteroatoms. The molecule has 38 heavy (non-hydrogen) atoms. The molecule has 1 aliphatic carbocycles. The van der Waals surface area contributed by atoms with Crippen molar-refractivity contribution in [3.8, 4) is 5.75 Å². The number of benzene rings is 3. The number of ether oxygens (including phenoxy) is 1. The van der Waals surface area contributed by atoms with Crippen molar-refractivity contribution in [1.82, 2.24) is 15.1 Å².